The van der Waals surface area contributed by atoms with Gasteiger partial charge in [-0.2, -0.15) is 0 Å². The number of anilines is 2. The van der Waals surface area contributed by atoms with Gasteiger partial charge in [-0.1, -0.05) is 13.8 Å². The van der Waals surface area contributed by atoms with Crippen molar-refractivity contribution < 1.29 is 0 Å². The summed E-state index contributed by atoms with van der Waals surface area (Å²) in [5.74, 6) is 1.27. The molecule has 13 heavy (non-hydrogen) atoms. The Balaban J connectivity index is 2.00. The van der Waals surface area contributed by atoms with E-state index in [0.717, 1.165) is 5.82 Å². The SMILES string of the molecule is CC1(C)CC1Nc1ccc(N)nn1. The molecule has 0 bridgehead atoms. The van der Waals surface area contributed by atoms with Gasteiger partial charge in [-0.15, -0.1) is 10.2 Å². The first-order valence-corrected chi connectivity index (χ1v) is 4.44. The standard InChI is InChI=1S/C9H14N4/c1-9(2)5-6(9)11-8-4-3-7(10)12-13-8/h3-4,6H,5H2,1-2H3,(H2,10,12)(H,11,13). The fourth-order valence-electron chi connectivity index (χ4n) is 1.31. The highest BCUT2D eigenvalue weighted by Crippen LogP contribution is 2.46. The van der Waals surface area contributed by atoms with E-state index in [1.165, 1.54) is 6.42 Å². The normalized spacial score (nSPS) is 24.0. The van der Waals surface area contributed by atoms with Gasteiger partial charge in [0.15, 0.2) is 0 Å². The number of nitrogen functional groups attached to an aromatic ring is 1. The number of hydrogen-bond donors (Lipinski definition) is 2. The van der Waals surface area contributed by atoms with Crippen LogP contribution >= 0.6 is 0 Å². The molecule has 4 heteroatoms. The lowest BCUT2D eigenvalue weighted by molar-refractivity contribution is 0.629. The Kier molecular flexibility index (Phi) is 1.65. The second kappa shape index (κ2) is 2.58. The molecule has 3 N–H and O–H groups in total. The van der Waals surface area contributed by atoms with Crippen molar-refractivity contribution in [3.8, 4) is 0 Å². The maximum Gasteiger partial charge on any atom is 0.149 e. The van der Waals surface area contributed by atoms with Crippen LogP contribution < -0.4 is 11.1 Å². The monoisotopic (exact) mass is 178 g/mol. The highest BCUT2D eigenvalue weighted by molar-refractivity contribution is 5.41. The maximum atomic E-state index is 5.43. The Morgan fingerprint density at radius 3 is 2.62 bits per heavy atom. The second-order valence-electron chi connectivity index (χ2n) is 4.23. The molecule has 1 fully saturated rings. The third-order valence-electron chi connectivity index (χ3n) is 2.52. The smallest absolute Gasteiger partial charge is 0.149 e. The molecular formula is C9H14N4. The van der Waals surface area contributed by atoms with Gasteiger partial charge in [0.2, 0.25) is 0 Å². The van der Waals surface area contributed by atoms with E-state index < -0.39 is 0 Å². The van der Waals surface area contributed by atoms with Crippen LogP contribution in [-0.4, -0.2) is 16.2 Å². The van der Waals surface area contributed by atoms with E-state index >= 15 is 0 Å². The van der Waals surface area contributed by atoms with Gasteiger partial charge in [0.1, 0.15) is 11.6 Å². The van der Waals surface area contributed by atoms with Crippen LogP contribution in [0.2, 0.25) is 0 Å². The molecule has 4 nitrogen and oxygen atoms in total. The molecule has 0 saturated heterocycles. The first-order chi connectivity index (χ1) is 6.08. The average Bonchev–Trinajstić information content (AvgIpc) is 2.64. The van der Waals surface area contributed by atoms with E-state index in [-0.39, 0.29) is 0 Å². The minimum Gasteiger partial charge on any atom is -0.382 e. The van der Waals surface area contributed by atoms with E-state index in [1.807, 2.05) is 6.07 Å². The number of nitrogens with one attached hydrogen (secondary N) is 1. The molecule has 1 saturated carbocycles. The molecule has 0 amide bonds. The van der Waals surface area contributed by atoms with Crippen molar-refractivity contribution in [2.75, 3.05) is 11.1 Å². The predicted octanol–water partition coefficient (Wildman–Crippen LogP) is 1.27. The summed E-state index contributed by atoms with van der Waals surface area (Å²) >= 11 is 0. The van der Waals surface area contributed by atoms with Gasteiger partial charge in [-0.25, -0.2) is 0 Å². The zero-order chi connectivity index (χ0) is 9.47. The van der Waals surface area contributed by atoms with Crippen LogP contribution in [0.5, 0.6) is 0 Å². The Morgan fingerprint density at radius 1 is 1.46 bits per heavy atom. The summed E-state index contributed by atoms with van der Waals surface area (Å²) in [6.07, 6.45) is 1.19. The van der Waals surface area contributed by atoms with E-state index in [9.17, 15) is 0 Å². The minimum absolute atomic E-state index is 0.406. The zero-order valence-corrected chi connectivity index (χ0v) is 7.91. The molecule has 0 aliphatic heterocycles. The molecule has 1 aliphatic carbocycles. The van der Waals surface area contributed by atoms with Crippen molar-refractivity contribution in [3.63, 3.8) is 0 Å². The fourth-order valence-corrected chi connectivity index (χ4v) is 1.31. The Labute approximate surface area is 77.5 Å². The highest BCUT2D eigenvalue weighted by atomic mass is 15.2. The largest absolute Gasteiger partial charge is 0.382 e. The quantitative estimate of drug-likeness (QED) is 0.715. The first kappa shape index (κ1) is 8.29. The van der Waals surface area contributed by atoms with Crippen molar-refractivity contribution >= 4 is 11.6 Å². The molecular weight excluding hydrogens is 164 g/mol. The summed E-state index contributed by atoms with van der Waals surface area (Å²) < 4.78 is 0. The number of nitrogens with zero attached hydrogens (tertiary/aromatic N) is 2. The fraction of sp³-hybridized carbons (Fsp3) is 0.556. The second-order valence-corrected chi connectivity index (χ2v) is 4.23. The topological polar surface area (TPSA) is 63.8 Å². The Hall–Kier alpha value is -1.32. The van der Waals surface area contributed by atoms with Crippen LogP contribution in [0, 0.1) is 5.41 Å². The molecule has 0 spiro atoms. The summed E-state index contributed by atoms with van der Waals surface area (Å²) in [5, 5.41) is 11.0. The molecule has 1 unspecified atom stereocenters. The third-order valence-corrected chi connectivity index (χ3v) is 2.52. The number of rotatable bonds is 2. The zero-order valence-electron chi connectivity index (χ0n) is 7.91. The van der Waals surface area contributed by atoms with Crippen LogP contribution in [0.15, 0.2) is 12.1 Å². The molecule has 0 aromatic carbocycles. The van der Waals surface area contributed by atoms with E-state index in [4.69, 9.17) is 5.73 Å². The number of hydrogen-bond acceptors (Lipinski definition) is 4. The highest BCUT2D eigenvalue weighted by Gasteiger charge is 2.45. The van der Waals surface area contributed by atoms with E-state index in [2.05, 4.69) is 29.4 Å². The van der Waals surface area contributed by atoms with Crippen LogP contribution in [0.1, 0.15) is 20.3 Å². The van der Waals surface area contributed by atoms with Crippen LogP contribution in [0.3, 0.4) is 0 Å². The van der Waals surface area contributed by atoms with Gasteiger partial charge >= 0.3 is 0 Å². The van der Waals surface area contributed by atoms with Crippen LogP contribution in [0.25, 0.3) is 0 Å². The molecule has 1 aliphatic rings. The minimum atomic E-state index is 0.406. The van der Waals surface area contributed by atoms with Crippen molar-refractivity contribution in [3.05, 3.63) is 12.1 Å². The average molecular weight is 178 g/mol. The lowest BCUT2D eigenvalue weighted by Gasteiger charge is -2.05. The van der Waals surface area contributed by atoms with Gasteiger partial charge in [-0.05, 0) is 24.0 Å². The van der Waals surface area contributed by atoms with Crippen molar-refractivity contribution in [1.29, 1.82) is 0 Å². The van der Waals surface area contributed by atoms with Gasteiger partial charge in [0, 0.05) is 6.04 Å². The molecule has 1 atom stereocenters. The van der Waals surface area contributed by atoms with E-state index in [0.29, 0.717) is 17.3 Å². The van der Waals surface area contributed by atoms with Gasteiger partial charge in [-0.3, -0.25) is 0 Å². The molecule has 1 aromatic heterocycles. The molecule has 2 rings (SSSR count). The van der Waals surface area contributed by atoms with Crippen molar-refractivity contribution in [2.45, 2.75) is 26.3 Å². The van der Waals surface area contributed by atoms with Gasteiger partial charge in [0.25, 0.3) is 0 Å². The summed E-state index contributed by atoms with van der Waals surface area (Å²) in [5.41, 5.74) is 5.83. The Bertz CT molecular complexity index is 304. The molecule has 1 heterocycles. The summed E-state index contributed by atoms with van der Waals surface area (Å²) in [7, 11) is 0. The lowest BCUT2D eigenvalue weighted by atomic mass is 10.2. The van der Waals surface area contributed by atoms with Gasteiger partial charge < -0.3 is 11.1 Å². The number of aromatic nitrogens is 2. The summed E-state index contributed by atoms with van der Waals surface area (Å²) in [4.78, 5) is 0. The van der Waals surface area contributed by atoms with Crippen LogP contribution in [-0.2, 0) is 0 Å². The predicted molar refractivity (Wildman–Crippen MR) is 52.3 cm³/mol. The summed E-state index contributed by atoms with van der Waals surface area (Å²) in [6, 6.07) is 4.15. The maximum absolute atomic E-state index is 5.43. The number of nitrogens with two attached hydrogens (primary N) is 1. The van der Waals surface area contributed by atoms with Gasteiger partial charge in [0.05, 0.1) is 0 Å². The lowest BCUT2D eigenvalue weighted by Crippen LogP contribution is -2.10. The molecule has 0 radical (unpaired) electrons. The van der Waals surface area contributed by atoms with Crippen LogP contribution in [0.4, 0.5) is 11.6 Å². The third kappa shape index (κ3) is 1.71. The summed E-state index contributed by atoms with van der Waals surface area (Å²) in [6.45, 7) is 4.46. The van der Waals surface area contributed by atoms with Crippen molar-refractivity contribution in [2.24, 2.45) is 5.41 Å². The first-order valence-electron chi connectivity index (χ1n) is 4.44. The van der Waals surface area contributed by atoms with E-state index in [1.54, 1.807) is 6.07 Å². The Morgan fingerprint density at radius 2 is 2.15 bits per heavy atom. The molecule has 70 valence electrons. The van der Waals surface area contributed by atoms with Crippen molar-refractivity contribution in [1.82, 2.24) is 10.2 Å². The molecule has 1 aromatic rings.